The van der Waals surface area contributed by atoms with Crippen molar-refractivity contribution in [3.05, 3.63) is 22.7 Å². The molecular weight excluding hydrogens is 224 g/mol. The number of hydrogen-bond donors (Lipinski definition) is 1. The van der Waals surface area contributed by atoms with E-state index in [1.54, 1.807) is 0 Å². The fraction of sp³-hybridized carbons (Fsp3) is 0.417. The van der Waals surface area contributed by atoms with Gasteiger partial charge in [0.1, 0.15) is 0 Å². The number of anilines is 2. The van der Waals surface area contributed by atoms with Crippen LogP contribution in [0, 0.1) is 6.92 Å². The molecule has 1 aromatic carbocycles. The first-order chi connectivity index (χ1) is 7.65. The number of benzene rings is 1. The molecule has 0 atom stereocenters. The fourth-order valence-corrected chi connectivity index (χ4v) is 2.17. The molecule has 0 bridgehead atoms. The van der Waals surface area contributed by atoms with Gasteiger partial charge in [-0.1, -0.05) is 18.5 Å². The van der Waals surface area contributed by atoms with Gasteiger partial charge < -0.3 is 10.2 Å². The zero-order valence-electron chi connectivity index (χ0n) is 9.51. The highest BCUT2D eigenvalue weighted by molar-refractivity contribution is 6.32. The number of amides is 1. The molecule has 16 heavy (non-hydrogen) atoms. The van der Waals surface area contributed by atoms with Crippen molar-refractivity contribution in [3.8, 4) is 0 Å². The molecule has 2 rings (SSSR count). The quantitative estimate of drug-likeness (QED) is 0.859. The van der Waals surface area contributed by atoms with Crippen LogP contribution in [-0.2, 0) is 4.79 Å². The van der Waals surface area contributed by atoms with Crippen LogP contribution in [0.4, 0.5) is 11.4 Å². The zero-order valence-corrected chi connectivity index (χ0v) is 10.3. The molecule has 0 saturated heterocycles. The average Bonchev–Trinajstić information content (AvgIpc) is 2.27. The third-order valence-corrected chi connectivity index (χ3v) is 3.22. The van der Waals surface area contributed by atoms with Gasteiger partial charge in [0.15, 0.2) is 0 Å². The molecule has 0 unspecified atom stereocenters. The molecule has 0 spiro atoms. The Labute approximate surface area is 100 Å². The van der Waals surface area contributed by atoms with E-state index in [4.69, 9.17) is 11.6 Å². The lowest BCUT2D eigenvalue weighted by molar-refractivity contribution is -0.117. The maximum absolute atomic E-state index is 11.8. The molecule has 3 nitrogen and oxygen atoms in total. The van der Waals surface area contributed by atoms with Gasteiger partial charge in [-0.25, -0.2) is 0 Å². The lowest BCUT2D eigenvalue weighted by atomic mass is 10.1. The predicted molar refractivity (Wildman–Crippen MR) is 67.3 cm³/mol. The number of carbonyl (C=O) groups is 1. The van der Waals surface area contributed by atoms with Crippen LogP contribution in [0.15, 0.2) is 12.1 Å². The fourth-order valence-electron chi connectivity index (χ4n) is 2.02. The largest absolute Gasteiger partial charge is 0.374 e. The highest BCUT2D eigenvalue weighted by Gasteiger charge is 2.25. The second-order valence-electron chi connectivity index (χ2n) is 3.97. The average molecular weight is 239 g/mol. The Hall–Kier alpha value is -1.22. The van der Waals surface area contributed by atoms with Crippen LogP contribution in [0.2, 0.25) is 5.02 Å². The molecule has 4 heteroatoms. The highest BCUT2D eigenvalue weighted by Crippen LogP contribution is 2.36. The van der Waals surface area contributed by atoms with Gasteiger partial charge in [-0.3, -0.25) is 4.79 Å². The number of fused-ring (bicyclic) bond motifs is 1. The summed E-state index contributed by atoms with van der Waals surface area (Å²) in [6.07, 6.45) is 0.942. The van der Waals surface area contributed by atoms with E-state index in [-0.39, 0.29) is 5.91 Å². The van der Waals surface area contributed by atoms with Crippen LogP contribution in [-0.4, -0.2) is 19.0 Å². The minimum atomic E-state index is 0.111. The van der Waals surface area contributed by atoms with Gasteiger partial charge in [0, 0.05) is 11.6 Å². The van der Waals surface area contributed by atoms with Crippen molar-refractivity contribution in [2.45, 2.75) is 20.3 Å². The Kier molecular flexibility index (Phi) is 3.06. The Balaban J connectivity index is 2.52. The van der Waals surface area contributed by atoms with E-state index in [1.165, 1.54) is 0 Å². The molecule has 0 saturated carbocycles. The van der Waals surface area contributed by atoms with Crippen LogP contribution >= 0.6 is 11.6 Å². The molecule has 1 N–H and O–H groups in total. The Bertz CT molecular complexity index is 431. The van der Waals surface area contributed by atoms with Crippen molar-refractivity contribution >= 4 is 28.9 Å². The van der Waals surface area contributed by atoms with Gasteiger partial charge in [-0.2, -0.15) is 0 Å². The lowest BCUT2D eigenvalue weighted by Crippen LogP contribution is -2.40. The summed E-state index contributed by atoms with van der Waals surface area (Å²) in [5.41, 5.74) is 2.90. The van der Waals surface area contributed by atoms with Gasteiger partial charge >= 0.3 is 0 Å². The van der Waals surface area contributed by atoms with Crippen LogP contribution in [0.3, 0.4) is 0 Å². The lowest BCUT2D eigenvalue weighted by Gasteiger charge is -2.31. The zero-order chi connectivity index (χ0) is 11.7. The van der Waals surface area contributed by atoms with Crippen LogP contribution < -0.4 is 10.2 Å². The minimum Gasteiger partial charge on any atom is -0.374 e. The maximum atomic E-state index is 11.8. The molecular formula is C12H15ClN2O. The summed E-state index contributed by atoms with van der Waals surface area (Å²) in [4.78, 5) is 13.7. The van der Waals surface area contributed by atoms with Gasteiger partial charge in [-0.05, 0) is 31.0 Å². The van der Waals surface area contributed by atoms with Crippen LogP contribution in [0.25, 0.3) is 0 Å². The molecule has 0 fully saturated rings. The van der Waals surface area contributed by atoms with Crippen LogP contribution in [0.1, 0.15) is 18.9 Å². The molecule has 1 heterocycles. The molecule has 0 radical (unpaired) electrons. The molecule has 1 aromatic rings. The van der Waals surface area contributed by atoms with Crippen molar-refractivity contribution in [1.29, 1.82) is 0 Å². The summed E-state index contributed by atoms with van der Waals surface area (Å²) in [5, 5.41) is 3.82. The van der Waals surface area contributed by atoms with Gasteiger partial charge in [-0.15, -0.1) is 0 Å². The molecule has 86 valence electrons. The Morgan fingerprint density at radius 2 is 2.25 bits per heavy atom. The number of hydrogen-bond acceptors (Lipinski definition) is 2. The van der Waals surface area contributed by atoms with Crippen molar-refractivity contribution in [3.63, 3.8) is 0 Å². The number of nitrogens with one attached hydrogen (secondary N) is 1. The van der Waals surface area contributed by atoms with E-state index in [0.717, 1.165) is 29.9 Å². The van der Waals surface area contributed by atoms with E-state index < -0.39 is 0 Å². The summed E-state index contributed by atoms with van der Waals surface area (Å²) in [6.45, 7) is 5.13. The standard InChI is InChI=1S/C12H15ClN2O/c1-3-6-15-11(16)7-14-10-5-4-9(13)8(2)12(10)15/h4-5,14H,3,6-7H2,1-2H3. The number of rotatable bonds is 2. The van der Waals surface area contributed by atoms with E-state index in [1.807, 2.05) is 24.0 Å². The van der Waals surface area contributed by atoms with E-state index in [9.17, 15) is 4.79 Å². The third kappa shape index (κ3) is 1.76. The van der Waals surface area contributed by atoms with Crippen molar-refractivity contribution in [2.75, 3.05) is 23.3 Å². The third-order valence-electron chi connectivity index (χ3n) is 2.81. The van der Waals surface area contributed by atoms with E-state index >= 15 is 0 Å². The summed E-state index contributed by atoms with van der Waals surface area (Å²) < 4.78 is 0. The first-order valence-corrected chi connectivity index (χ1v) is 5.86. The molecule has 0 aliphatic carbocycles. The second kappa shape index (κ2) is 4.34. The van der Waals surface area contributed by atoms with Gasteiger partial charge in [0.05, 0.1) is 17.9 Å². The summed E-state index contributed by atoms with van der Waals surface area (Å²) >= 11 is 6.09. The summed E-state index contributed by atoms with van der Waals surface area (Å²) in [5.74, 6) is 0.111. The molecule has 0 aromatic heterocycles. The number of nitrogens with zero attached hydrogens (tertiary/aromatic N) is 1. The monoisotopic (exact) mass is 238 g/mol. The van der Waals surface area contributed by atoms with Crippen molar-refractivity contribution in [2.24, 2.45) is 0 Å². The first-order valence-electron chi connectivity index (χ1n) is 5.48. The van der Waals surface area contributed by atoms with E-state index in [0.29, 0.717) is 11.6 Å². The predicted octanol–water partition coefficient (Wildman–Crippen LogP) is 2.82. The van der Waals surface area contributed by atoms with Crippen LogP contribution in [0.5, 0.6) is 0 Å². The molecule has 1 amide bonds. The first kappa shape index (κ1) is 11.3. The smallest absolute Gasteiger partial charge is 0.246 e. The number of carbonyl (C=O) groups excluding carboxylic acids is 1. The molecule has 1 aliphatic rings. The maximum Gasteiger partial charge on any atom is 0.246 e. The normalized spacial score (nSPS) is 14.7. The Morgan fingerprint density at radius 3 is 2.94 bits per heavy atom. The topological polar surface area (TPSA) is 32.3 Å². The Morgan fingerprint density at radius 1 is 1.50 bits per heavy atom. The minimum absolute atomic E-state index is 0.111. The second-order valence-corrected chi connectivity index (χ2v) is 4.37. The van der Waals surface area contributed by atoms with Crippen molar-refractivity contribution < 1.29 is 4.79 Å². The van der Waals surface area contributed by atoms with Gasteiger partial charge in [0.2, 0.25) is 5.91 Å². The van der Waals surface area contributed by atoms with E-state index in [2.05, 4.69) is 12.2 Å². The van der Waals surface area contributed by atoms with Gasteiger partial charge in [0.25, 0.3) is 0 Å². The highest BCUT2D eigenvalue weighted by atomic mass is 35.5. The summed E-state index contributed by atoms with van der Waals surface area (Å²) in [6, 6.07) is 3.79. The SMILES string of the molecule is CCCN1C(=O)CNc2ccc(Cl)c(C)c21. The number of halogens is 1. The molecule has 1 aliphatic heterocycles. The van der Waals surface area contributed by atoms with Crippen molar-refractivity contribution in [1.82, 2.24) is 0 Å². The summed E-state index contributed by atoms with van der Waals surface area (Å²) in [7, 11) is 0.